The van der Waals surface area contributed by atoms with Crippen molar-refractivity contribution in [2.75, 3.05) is 7.11 Å². The molecule has 0 saturated carbocycles. The summed E-state index contributed by atoms with van der Waals surface area (Å²) in [6.45, 7) is 1.55. The van der Waals surface area contributed by atoms with Gasteiger partial charge in [-0.1, -0.05) is 29.3 Å². The van der Waals surface area contributed by atoms with Crippen LogP contribution in [0.1, 0.15) is 16.9 Å². The van der Waals surface area contributed by atoms with E-state index in [1.54, 1.807) is 31.6 Å². The van der Waals surface area contributed by atoms with Gasteiger partial charge in [0.2, 0.25) is 0 Å². The Morgan fingerprint density at radius 3 is 2.52 bits per heavy atom. The van der Waals surface area contributed by atoms with E-state index in [1.807, 2.05) is 24.3 Å². The number of rotatable bonds is 8. The lowest BCUT2D eigenvalue weighted by Gasteiger charge is -2.16. The third-order valence-corrected chi connectivity index (χ3v) is 5.22. The summed E-state index contributed by atoms with van der Waals surface area (Å²) in [7, 11) is 1.61. The van der Waals surface area contributed by atoms with Gasteiger partial charge in [0.25, 0.3) is 0 Å². The van der Waals surface area contributed by atoms with Gasteiger partial charge in [0.15, 0.2) is 11.5 Å². The maximum Gasteiger partial charge on any atom is 0.175 e. The van der Waals surface area contributed by atoms with E-state index < -0.39 is 0 Å². The van der Waals surface area contributed by atoms with Crippen molar-refractivity contribution >= 4 is 39.1 Å². The molecule has 0 bridgehead atoms. The zero-order chi connectivity index (χ0) is 19.2. The molecule has 1 N–H and O–H groups in total. The van der Waals surface area contributed by atoms with E-state index in [1.165, 1.54) is 0 Å². The summed E-state index contributed by atoms with van der Waals surface area (Å²) in [5, 5.41) is 4.46. The lowest BCUT2D eigenvalue weighted by atomic mass is 10.2. The van der Waals surface area contributed by atoms with Crippen LogP contribution in [0.2, 0.25) is 10.0 Å². The Morgan fingerprint density at radius 1 is 1.07 bits per heavy atom. The second kappa shape index (κ2) is 9.51. The third kappa shape index (κ3) is 5.20. The molecule has 0 aliphatic heterocycles. The molecule has 0 atom stereocenters. The maximum absolute atomic E-state index is 6.21. The van der Waals surface area contributed by atoms with E-state index in [4.69, 9.17) is 37.1 Å². The highest BCUT2D eigenvalue weighted by molar-refractivity contribution is 9.10. The molecule has 1 heterocycles. The number of ether oxygens (including phenoxy) is 2. The smallest absolute Gasteiger partial charge is 0.175 e. The van der Waals surface area contributed by atoms with Crippen molar-refractivity contribution in [3.8, 4) is 11.5 Å². The molecule has 27 heavy (non-hydrogen) atoms. The Kier molecular flexibility index (Phi) is 7.07. The fourth-order valence-corrected chi connectivity index (χ4v) is 3.68. The summed E-state index contributed by atoms with van der Waals surface area (Å²) in [6, 6.07) is 13.1. The highest BCUT2D eigenvalue weighted by Crippen LogP contribution is 2.38. The number of hydrogen-bond donors (Lipinski definition) is 1. The lowest BCUT2D eigenvalue weighted by molar-refractivity contribution is 0.282. The Hall–Kier alpha value is -1.66. The van der Waals surface area contributed by atoms with Crippen molar-refractivity contribution in [1.29, 1.82) is 0 Å². The van der Waals surface area contributed by atoms with Crippen molar-refractivity contribution in [3.05, 3.63) is 80.1 Å². The Labute approximate surface area is 176 Å². The van der Waals surface area contributed by atoms with Gasteiger partial charge in [-0.25, -0.2) is 0 Å². The molecule has 0 fully saturated rings. The van der Waals surface area contributed by atoms with Crippen molar-refractivity contribution in [3.63, 3.8) is 0 Å². The molecule has 4 nitrogen and oxygen atoms in total. The molecule has 0 aliphatic rings. The molecule has 142 valence electrons. The summed E-state index contributed by atoms with van der Waals surface area (Å²) in [6.07, 6.45) is 1.66. The maximum atomic E-state index is 6.21. The van der Waals surface area contributed by atoms with Gasteiger partial charge in [0.1, 0.15) is 12.4 Å². The summed E-state index contributed by atoms with van der Waals surface area (Å²) in [4.78, 5) is 0. The van der Waals surface area contributed by atoms with E-state index in [9.17, 15) is 0 Å². The highest BCUT2D eigenvalue weighted by atomic mass is 79.9. The van der Waals surface area contributed by atoms with E-state index in [-0.39, 0.29) is 6.61 Å². The Bertz CT molecular complexity index is 880. The second-order valence-electron chi connectivity index (χ2n) is 5.78. The first-order valence-electron chi connectivity index (χ1n) is 8.23. The molecule has 3 aromatic rings. The Morgan fingerprint density at radius 2 is 1.85 bits per heavy atom. The average molecular weight is 471 g/mol. The lowest BCUT2D eigenvalue weighted by Crippen LogP contribution is -2.12. The minimum absolute atomic E-state index is 0.240. The number of hydrogen-bond acceptors (Lipinski definition) is 4. The average Bonchev–Trinajstić information content (AvgIpc) is 3.15. The van der Waals surface area contributed by atoms with Crippen molar-refractivity contribution in [2.24, 2.45) is 0 Å². The zero-order valence-corrected chi connectivity index (χ0v) is 17.7. The van der Waals surface area contributed by atoms with E-state index in [2.05, 4.69) is 21.2 Å². The van der Waals surface area contributed by atoms with Crippen LogP contribution in [0, 0.1) is 0 Å². The molecule has 0 unspecified atom stereocenters. The molecule has 0 amide bonds. The van der Waals surface area contributed by atoms with Gasteiger partial charge < -0.3 is 19.2 Å². The van der Waals surface area contributed by atoms with Crippen LogP contribution in [-0.4, -0.2) is 7.11 Å². The van der Waals surface area contributed by atoms with Crippen molar-refractivity contribution in [2.45, 2.75) is 19.7 Å². The first-order valence-corrected chi connectivity index (χ1v) is 9.78. The standard InChI is InChI=1S/C20H18BrCl2NO3/c1-25-19-9-13(10-24-11-14-4-3-7-26-14)8-16(21)20(19)27-12-15-17(22)5-2-6-18(15)23/h2-9,24H,10-12H2,1H3. The number of furan rings is 1. The topological polar surface area (TPSA) is 43.6 Å². The molecule has 7 heteroatoms. The minimum Gasteiger partial charge on any atom is -0.493 e. The van der Waals surface area contributed by atoms with Crippen LogP contribution in [0.5, 0.6) is 11.5 Å². The molecule has 1 aromatic heterocycles. The highest BCUT2D eigenvalue weighted by Gasteiger charge is 2.14. The van der Waals surface area contributed by atoms with E-state index >= 15 is 0 Å². The van der Waals surface area contributed by atoms with Gasteiger partial charge in [-0.3, -0.25) is 0 Å². The van der Waals surface area contributed by atoms with Crippen LogP contribution in [0.15, 0.2) is 57.6 Å². The molecule has 3 rings (SSSR count). The number of methoxy groups -OCH3 is 1. The van der Waals surface area contributed by atoms with Crippen LogP contribution in [0.3, 0.4) is 0 Å². The predicted molar refractivity (Wildman–Crippen MR) is 111 cm³/mol. The van der Waals surface area contributed by atoms with Gasteiger partial charge in [0.05, 0.1) is 24.4 Å². The second-order valence-corrected chi connectivity index (χ2v) is 7.45. The van der Waals surface area contributed by atoms with Gasteiger partial charge in [-0.2, -0.15) is 0 Å². The monoisotopic (exact) mass is 469 g/mol. The molecule has 0 spiro atoms. The van der Waals surface area contributed by atoms with Crippen LogP contribution in [-0.2, 0) is 19.7 Å². The fourth-order valence-electron chi connectivity index (χ4n) is 2.57. The molecule has 2 aromatic carbocycles. The van der Waals surface area contributed by atoms with Gasteiger partial charge in [-0.05, 0) is 57.9 Å². The summed E-state index contributed by atoms with van der Waals surface area (Å²) in [5.41, 5.74) is 1.78. The predicted octanol–water partition coefficient (Wildman–Crippen LogP) is 6.23. The molecule has 0 aliphatic carbocycles. The first kappa shape index (κ1) is 20.1. The van der Waals surface area contributed by atoms with E-state index in [0.717, 1.165) is 21.4 Å². The quantitative estimate of drug-likeness (QED) is 0.424. The van der Waals surface area contributed by atoms with E-state index in [0.29, 0.717) is 34.6 Å². The zero-order valence-electron chi connectivity index (χ0n) is 14.6. The van der Waals surface area contributed by atoms with Crippen LogP contribution in [0.25, 0.3) is 0 Å². The third-order valence-electron chi connectivity index (χ3n) is 3.92. The van der Waals surface area contributed by atoms with Gasteiger partial charge in [-0.15, -0.1) is 0 Å². The Balaban J connectivity index is 1.70. The normalized spacial score (nSPS) is 10.8. The van der Waals surface area contributed by atoms with Crippen molar-refractivity contribution < 1.29 is 13.9 Å². The van der Waals surface area contributed by atoms with Crippen LogP contribution >= 0.6 is 39.1 Å². The summed E-state index contributed by atoms with van der Waals surface area (Å²) in [5.74, 6) is 2.11. The minimum atomic E-state index is 0.240. The molecular formula is C20H18BrCl2NO3. The number of benzene rings is 2. The summed E-state index contributed by atoms with van der Waals surface area (Å²) >= 11 is 16.0. The van der Waals surface area contributed by atoms with Crippen molar-refractivity contribution in [1.82, 2.24) is 5.32 Å². The summed E-state index contributed by atoms with van der Waals surface area (Å²) < 4.78 is 17.6. The largest absolute Gasteiger partial charge is 0.493 e. The van der Waals surface area contributed by atoms with Gasteiger partial charge in [0, 0.05) is 22.2 Å². The molecule has 0 radical (unpaired) electrons. The number of halogens is 3. The van der Waals surface area contributed by atoms with Gasteiger partial charge >= 0.3 is 0 Å². The molecular weight excluding hydrogens is 453 g/mol. The first-order chi connectivity index (χ1) is 13.1. The van der Waals surface area contributed by atoms with Crippen LogP contribution < -0.4 is 14.8 Å². The van der Waals surface area contributed by atoms with Crippen LogP contribution in [0.4, 0.5) is 0 Å². The SMILES string of the molecule is COc1cc(CNCc2ccco2)cc(Br)c1OCc1c(Cl)cccc1Cl. The number of nitrogens with one attached hydrogen (secondary N) is 1. The fraction of sp³-hybridized carbons (Fsp3) is 0.200. The molecule has 0 saturated heterocycles.